The van der Waals surface area contributed by atoms with Crippen molar-refractivity contribution in [2.24, 2.45) is 0 Å². The van der Waals surface area contributed by atoms with E-state index in [1.54, 1.807) is 0 Å². The summed E-state index contributed by atoms with van der Waals surface area (Å²) >= 11 is 6.17. The van der Waals surface area contributed by atoms with E-state index in [4.69, 9.17) is 16.6 Å². The minimum atomic E-state index is 0.528. The van der Waals surface area contributed by atoms with Crippen molar-refractivity contribution in [3.63, 3.8) is 0 Å². The molecule has 3 rings (SSSR count). The number of aromatic nitrogens is 4. The van der Waals surface area contributed by atoms with Crippen LogP contribution in [-0.4, -0.2) is 19.7 Å². The lowest BCUT2D eigenvalue weighted by molar-refractivity contribution is 0.603. The maximum Gasteiger partial charge on any atom is 0.164 e. The number of hydrogen-bond acceptors (Lipinski definition) is 3. The first-order valence-electron chi connectivity index (χ1n) is 7.33. The van der Waals surface area contributed by atoms with E-state index in [0.29, 0.717) is 16.9 Å². The van der Waals surface area contributed by atoms with Crippen LogP contribution in [0.4, 0.5) is 0 Å². The van der Waals surface area contributed by atoms with Gasteiger partial charge in [0.1, 0.15) is 5.15 Å². The molecule has 1 aliphatic carbocycles. The van der Waals surface area contributed by atoms with E-state index >= 15 is 0 Å². The van der Waals surface area contributed by atoms with E-state index in [1.807, 2.05) is 23.1 Å². The van der Waals surface area contributed by atoms with Crippen LogP contribution in [0.5, 0.6) is 0 Å². The van der Waals surface area contributed by atoms with Crippen molar-refractivity contribution < 1.29 is 0 Å². The summed E-state index contributed by atoms with van der Waals surface area (Å²) in [6.45, 7) is 3.05. The topological polar surface area (TPSA) is 43.6 Å². The smallest absolute Gasteiger partial charge is 0.164 e. The highest BCUT2D eigenvalue weighted by Crippen LogP contribution is 2.34. The molecule has 106 valence electrons. The van der Waals surface area contributed by atoms with Crippen molar-refractivity contribution in [1.29, 1.82) is 0 Å². The van der Waals surface area contributed by atoms with Crippen LogP contribution in [0, 0.1) is 0 Å². The van der Waals surface area contributed by atoms with Crippen molar-refractivity contribution in [2.75, 3.05) is 0 Å². The summed E-state index contributed by atoms with van der Waals surface area (Å²) in [5.74, 6) is 1.24. The highest BCUT2D eigenvalue weighted by molar-refractivity contribution is 6.29. The molecule has 0 saturated heterocycles. The molecule has 0 unspecified atom stereocenters. The maximum absolute atomic E-state index is 6.17. The summed E-state index contributed by atoms with van der Waals surface area (Å²) < 4.78 is 1.93. The van der Waals surface area contributed by atoms with Gasteiger partial charge in [0.25, 0.3) is 0 Å². The second-order valence-corrected chi connectivity index (χ2v) is 5.80. The third kappa shape index (κ3) is 2.85. The fraction of sp³-hybridized carbons (Fsp3) is 0.533. The summed E-state index contributed by atoms with van der Waals surface area (Å²) in [4.78, 5) is 9.06. The van der Waals surface area contributed by atoms with Crippen LogP contribution in [0.3, 0.4) is 0 Å². The van der Waals surface area contributed by atoms with Crippen molar-refractivity contribution in [1.82, 2.24) is 19.7 Å². The van der Waals surface area contributed by atoms with Gasteiger partial charge in [-0.2, -0.15) is 5.10 Å². The molecule has 20 heavy (non-hydrogen) atoms. The molecule has 0 atom stereocenters. The summed E-state index contributed by atoms with van der Waals surface area (Å²) in [6.07, 6.45) is 9.87. The summed E-state index contributed by atoms with van der Waals surface area (Å²) in [5, 5.41) is 4.86. The second-order valence-electron chi connectivity index (χ2n) is 5.41. The molecule has 0 N–H and O–H groups in total. The van der Waals surface area contributed by atoms with Crippen LogP contribution in [-0.2, 0) is 6.54 Å². The highest BCUT2D eigenvalue weighted by atomic mass is 35.5. The van der Waals surface area contributed by atoms with Crippen LogP contribution in [0.15, 0.2) is 18.5 Å². The van der Waals surface area contributed by atoms with Crippen molar-refractivity contribution in [3.05, 3.63) is 29.3 Å². The molecule has 0 spiro atoms. The number of hydrogen-bond donors (Lipinski definition) is 0. The monoisotopic (exact) mass is 290 g/mol. The Morgan fingerprint density at radius 3 is 2.85 bits per heavy atom. The van der Waals surface area contributed by atoms with Crippen molar-refractivity contribution in [2.45, 2.75) is 51.5 Å². The Balaban J connectivity index is 1.91. The summed E-state index contributed by atoms with van der Waals surface area (Å²) in [5.41, 5.74) is 2.03. The molecule has 0 aromatic carbocycles. The first-order valence-corrected chi connectivity index (χ1v) is 7.71. The van der Waals surface area contributed by atoms with Crippen LogP contribution in [0.1, 0.15) is 50.6 Å². The molecule has 1 aliphatic rings. The number of nitrogens with zero attached hydrogens (tertiary/aromatic N) is 4. The first kappa shape index (κ1) is 13.6. The van der Waals surface area contributed by atoms with E-state index in [1.165, 1.54) is 25.7 Å². The fourth-order valence-electron chi connectivity index (χ4n) is 2.83. The standard InChI is InChI=1S/C15H19ClN4/c1-2-7-20-10-12(9-17-20)15-18-13(8-14(16)19-15)11-5-3-4-6-11/h8-11H,2-7H2,1H3. The van der Waals surface area contributed by atoms with Gasteiger partial charge in [0.05, 0.1) is 11.8 Å². The van der Waals surface area contributed by atoms with Gasteiger partial charge in [0, 0.05) is 24.4 Å². The predicted octanol–water partition coefficient (Wildman–Crippen LogP) is 4.06. The average Bonchev–Trinajstić information content (AvgIpc) is 3.09. The first-order chi connectivity index (χ1) is 9.76. The fourth-order valence-corrected chi connectivity index (χ4v) is 3.02. The second kappa shape index (κ2) is 5.92. The molecule has 4 nitrogen and oxygen atoms in total. The zero-order valence-corrected chi connectivity index (χ0v) is 12.5. The lowest BCUT2D eigenvalue weighted by Gasteiger charge is -2.09. The maximum atomic E-state index is 6.17. The molecule has 2 aromatic heterocycles. The largest absolute Gasteiger partial charge is 0.272 e. The zero-order valence-electron chi connectivity index (χ0n) is 11.7. The molecule has 2 heterocycles. The van der Waals surface area contributed by atoms with Crippen LogP contribution < -0.4 is 0 Å². The minimum absolute atomic E-state index is 0.528. The van der Waals surface area contributed by atoms with E-state index < -0.39 is 0 Å². The van der Waals surface area contributed by atoms with Gasteiger partial charge in [0.15, 0.2) is 5.82 Å². The van der Waals surface area contributed by atoms with E-state index in [2.05, 4.69) is 17.0 Å². The molecule has 1 saturated carbocycles. The Hall–Kier alpha value is -1.42. The molecular weight excluding hydrogens is 272 g/mol. The van der Waals surface area contributed by atoms with Crippen molar-refractivity contribution in [3.8, 4) is 11.4 Å². The number of halogens is 1. The SMILES string of the molecule is CCCn1cc(-c2nc(Cl)cc(C3CCCC3)n2)cn1. The van der Waals surface area contributed by atoms with Gasteiger partial charge >= 0.3 is 0 Å². The third-order valence-electron chi connectivity index (χ3n) is 3.83. The molecule has 1 fully saturated rings. The Kier molecular flexibility index (Phi) is 4.01. The van der Waals surface area contributed by atoms with Gasteiger partial charge in [-0.25, -0.2) is 9.97 Å². The van der Waals surface area contributed by atoms with Crippen LogP contribution in [0.25, 0.3) is 11.4 Å². The number of rotatable bonds is 4. The Morgan fingerprint density at radius 2 is 2.10 bits per heavy atom. The predicted molar refractivity (Wildman–Crippen MR) is 79.8 cm³/mol. The molecular formula is C15H19ClN4. The van der Waals surface area contributed by atoms with E-state index in [-0.39, 0.29) is 0 Å². The lowest BCUT2D eigenvalue weighted by atomic mass is 10.0. The minimum Gasteiger partial charge on any atom is -0.272 e. The lowest BCUT2D eigenvalue weighted by Crippen LogP contribution is -2.00. The molecule has 0 aliphatic heterocycles. The normalized spacial score (nSPS) is 15.9. The van der Waals surface area contributed by atoms with Gasteiger partial charge in [0.2, 0.25) is 0 Å². The van der Waals surface area contributed by atoms with Crippen LogP contribution in [0.2, 0.25) is 5.15 Å². The van der Waals surface area contributed by atoms with Gasteiger partial charge in [-0.3, -0.25) is 4.68 Å². The highest BCUT2D eigenvalue weighted by Gasteiger charge is 2.20. The van der Waals surface area contributed by atoms with Gasteiger partial charge in [-0.1, -0.05) is 31.4 Å². The van der Waals surface area contributed by atoms with Crippen LogP contribution >= 0.6 is 11.6 Å². The molecule has 0 radical (unpaired) electrons. The molecule has 0 bridgehead atoms. The van der Waals surface area contributed by atoms with Gasteiger partial charge in [-0.05, 0) is 25.3 Å². The zero-order chi connectivity index (χ0) is 13.9. The molecule has 0 amide bonds. The number of aryl methyl sites for hydroxylation is 1. The van der Waals surface area contributed by atoms with Crippen molar-refractivity contribution >= 4 is 11.6 Å². The van der Waals surface area contributed by atoms with Gasteiger partial charge < -0.3 is 0 Å². The Labute approximate surface area is 124 Å². The summed E-state index contributed by atoms with van der Waals surface area (Å²) in [7, 11) is 0. The molecule has 2 aromatic rings. The summed E-state index contributed by atoms with van der Waals surface area (Å²) in [6, 6.07) is 1.91. The Morgan fingerprint density at radius 1 is 1.30 bits per heavy atom. The Bertz CT molecular complexity index is 587. The van der Waals surface area contributed by atoms with E-state index in [9.17, 15) is 0 Å². The van der Waals surface area contributed by atoms with Gasteiger partial charge in [-0.15, -0.1) is 0 Å². The quantitative estimate of drug-likeness (QED) is 0.798. The molecule has 5 heteroatoms. The third-order valence-corrected chi connectivity index (χ3v) is 4.03. The van der Waals surface area contributed by atoms with E-state index in [0.717, 1.165) is 24.2 Å². The average molecular weight is 291 g/mol.